The topological polar surface area (TPSA) is 50.2 Å². The molecule has 0 saturated heterocycles. The largest absolute Gasteiger partial charge is 0.334 e. The van der Waals surface area contributed by atoms with Gasteiger partial charge in [0.1, 0.15) is 5.82 Å². The number of aromatic nitrogens is 2. The van der Waals surface area contributed by atoms with Crippen LogP contribution in [0.1, 0.15) is 23.2 Å². The lowest BCUT2D eigenvalue weighted by Gasteiger charge is -2.27. The maximum absolute atomic E-state index is 12.4. The minimum atomic E-state index is -0.0589. The number of anilines is 1. The van der Waals surface area contributed by atoms with Gasteiger partial charge in [0.15, 0.2) is 0 Å². The maximum atomic E-state index is 12.4. The van der Waals surface area contributed by atoms with E-state index in [-0.39, 0.29) is 6.03 Å². The summed E-state index contributed by atoms with van der Waals surface area (Å²) in [5.74, 6) is 0.889. The van der Waals surface area contributed by atoms with Gasteiger partial charge in [-0.2, -0.15) is 5.10 Å². The highest BCUT2D eigenvalue weighted by atomic mass is 16.2. The average molecular weight is 284 g/mol. The van der Waals surface area contributed by atoms with Crippen molar-refractivity contribution in [3.8, 4) is 0 Å². The van der Waals surface area contributed by atoms with E-state index in [2.05, 4.69) is 29.5 Å². The number of amides is 2. The highest BCUT2D eigenvalue weighted by Gasteiger charge is 2.23. The fourth-order valence-corrected chi connectivity index (χ4v) is 2.59. The molecule has 5 heteroatoms. The van der Waals surface area contributed by atoms with Crippen LogP contribution in [0.3, 0.4) is 0 Å². The predicted molar refractivity (Wildman–Crippen MR) is 82.3 cm³/mol. The zero-order valence-corrected chi connectivity index (χ0v) is 12.5. The summed E-state index contributed by atoms with van der Waals surface area (Å²) >= 11 is 0. The Morgan fingerprint density at radius 1 is 1.24 bits per heavy atom. The second-order valence-electron chi connectivity index (χ2n) is 5.52. The molecule has 0 atom stereocenters. The molecule has 21 heavy (non-hydrogen) atoms. The molecule has 0 radical (unpaired) electrons. The Hall–Kier alpha value is -2.30. The Labute approximate surface area is 124 Å². The smallest absolute Gasteiger partial charge is 0.323 e. The van der Waals surface area contributed by atoms with Crippen LogP contribution in [0.25, 0.3) is 0 Å². The minimum Gasteiger partial charge on any atom is -0.334 e. The van der Waals surface area contributed by atoms with Crippen LogP contribution in [0.5, 0.6) is 0 Å². The monoisotopic (exact) mass is 284 g/mol. The van der Waals surface area contributed by atoms with Crippen LogP contribution in [0.2, 0.25) is 0 Å². The van der Waals surface area contributed by atoms with Crippen molar-refractivity contribution in [2.24, 2.45) is 0 Å². The van der Waals surface area contributed by atoms with Gasteiger partial charge in [0.2, 0.25) is 0 Å². The van der Waals surface area contributed by atoms with E-state index in [0.29, 0.717) is 6.54 Å². The first kappa shape index (κ1) is 13.7. The van der Waals surface area contributed by atoms with Crippen molar-refractivity contribution < 1.29 is 4.79 Å². The van der Waals surface area contributed by atoms with Crippen molar-refractivity contribution in [1.29, 1.82) is 0 Å². The summed E-state index contributed by atoms with van der Waals surface area (Å²) in [6.45, 7) is 6.17. The normalized spacial score (nSPS) is 13.9. The Bertz CT molecular complexity index is 645. The van der Waals surface area contributed by atoms with Gasteiger partial charge in [0.05, 0.1) is 5.69 Å². The highest BCUT2D eigenvalue weighted by Crippen LogP contribution is 2.21. The summed E-state index contributed by atoms with van der Waals surface area (Å²) in [7, 11) is 0. The van der Waals surface area contributed by atoms with E-state index in [1.807, 2.05) is 29.8 Å². The van der Waals surface area contributed by atoms with E-state index >= 15 is 0 Å². The van der Waals surface area contributed by atoms with E-state index in [1.165, 1.54) is 5.56 Å². The van der Waals surface area contributed by atoms with Crippen LogP contribution in [-0.2, 0) is 13.1 Å². The second kappa shape index (κ2) is 5.60. The predicted octanol–water partition coefficient (Wildman–Crippen LogP) is 2.62. The SMILES string of the molecule is Cc1ccc(CNC(=O)N2CCCn3nc(C)cc32)cc1. The van der Waals surface area contributed by atoms with Crippen molar-refractivity contribution in [2.75, 3.05) is 11.4 Å². The summed E-state index contributed by atoms with van der Waals surface area (Å²) in [6, 6.07) is 10.1. The number of fused-ring (bicyclic) bond motifs is 1. The van der Waals surface area contributed by atoms with Gasteiger partial charge < -0.3 is 5.32 Å². The number of carbonyl (C=O) groups is 1. The van der Waals surface area contributed by atoms with E-state index in [1.54, 1.807) is 4.90 Å². The van der Waals surface area contributed by atoms with Crippen molar-refractivity contribution >= 4 is 11.8 Å². The van der Waals surface area contributed by atoms with E-state index in [9.17, 15) is 4.79 Å². The van der Waals surface area contributed by atoms with Crippen LogP contribution >= 0.6 is 0 Å². The van der Waals surface area contributed by atoms with Crippen molar-refractivity contribution in [2.45, 2.75) is 33.4 Å². The van der Waals surface area contributed by atoms with Gasteiger partial charge in [-0.05, 0) is 25.8 Å². The van der Waals surface area contributed by atoms with Crippen LogP contribution in [-0.4, -0.2) is 22.4 Å². The number of nitrogens with zero attached hydrogens (tertiary/aromatic N) is 3. The molecule has 3 rings (SSSR count). The maximum Gasteiger partial charge on any atom is 0.323 e. The molecule has 1 aromatic carbocycles. The number of aryl methyl sites for hydroxylation is 3. The van der Waals surface area contributed by atoms with E-state index in [0.717, 1.165) is 36.6 Å². The molecule has 1 aromatic heterocycles. The zero-order chi connectivity index (χ0) is 14.8. The van der Waals surface area contributed by atoms with Gasteiger partial charge in [-0.25, -0.2) is 9.48 Å². The molecule has 0 bridgehead atoms. The molecule has 1 N–H and O–H groups in total. The molecule has 0 spiro atoms. The van der Waals surface area contributed by atoms with Gasteiger partial charge >= 0.3 is 6.03 Å². The summed E-state index contributed by atoms with van der Waals surface area (Å²) in [5, 5.41) is 7.39. The third-order valence-electron chi connectivity index (χ3n) is 3.72. The number of hydrogen-bond donors (Lipinski definition) is 1. The molecule has 0 fully saturated rings. The Balaban J connectivity index is 1.67. The number of carbonyl (C=O) groups excluding carboxylic acids is 1. The number of urea groups is 1. The number of nitrogens with one attached hydrogen (secondary N) is 1. The molecule has 2 aromatic rings. The molecular weight excluding hydrogens is 264 g/mol. The van der Waals surface area contributed by atoms with E-state index in [4.69, 9.17) is 0 Å². The molecule has 110 valence electrons. The van der Waals surface area contributed by atoms with Gasteiger partial charge in [0, 0.05) is 25.7 Å². The van der Waals surface area contributed by atoms with Crippen molar-refractivity contribution in [3.05, 3.63) is 47.2 Å². The Morgan fingerprint density at radius 3 is 2.76 bits per heavy atom. The third-order valence-corrected chi connectivity index (χ3v) is 3.72. The van der Waals surface area contributed by atoms with Crippen LogP contribution in [0.4, 0.5) is 10.6 Å². The molecule has 1 aliphatic heterocycles. The number of benzene rings is 1. The van der Waals surface area contributed by atoms with Crippen molar-refractivity contribution in [1.82, 2.24) is 15.1 Å². The Kier molecular flexibility index (Phi) is 3.64. The van der Waals surface area contributed by atoms with Crippen molar-refractivity contribution in [3.63, 3.8) is 0 Å². The molecule has 5 nitrogen and oxygen atoms in total. The average Bonchev–Trinajstić information content (AvgIpc) is 2.86. The minimum absolute atomic E-state index is 0.0589. The van der Waals surface area contributed by atoms with E-state index < -0.39 is 0 Å². The number of rotatable bonds is 2. The molecule has 2 amide bonds. The second-order valence-corrected chi connectivity index (χ2v) is 5.52. The first-order chi connectivity index (χ1) is 10.1. The fourth-order valence-electron chi connectivity index (χ4n) is 2.59. The lowest BCUT2D eigenvalue weighted by molar-refractivity contribution is 0.244. The summed E-state index contributed by atoms with van der Waals surface area (Å²) < 4.78 is 1.91. The fraction of sp³-hybridized carbons (Fsp3) is 0.375. The van der Waals surface area contributed by atoms with Crippen LogP contribution < -0.4 is 10.2 Å². The quantitative estimate of drug-likeness (QED) is 0.921. The first-order valence-corrected chi connectivity index (χ1v) is 7.29. The van der Waals surface area contributed by atoms with Gasteiger partial charge in [0.25, 0.3) is 0 Å². The molecule has 0 saturated carbocycles. The van der Waals surface area contributed by atoms with Crippen LogP contribution in [0.15, 0.2) is 30.3 Å². The van der Waals surface area contributed by atoms with Gasteiger partial charge in [-0.1, -0.05) is 29.8 Å². The number of hydrogen-bond acceptors (Lipinski definition) is 2. The zero-order valence-electron chi connectivity index (χ0n) is 12.5. The molecule has 0 aliphatic carbocycles. The lowest BCUT2D eigenvalue weighted by Crippen LogP contribution is -2.43. The molecule has 1 aliphatic rings. The third kappa shape index (κ3) is 2.91. The summed E-state index contributed by atoms with van der Waals surface area (Å²) in [6.07, 6.45) is 0.937. The molecule has 0 unspecified atom stereocenters. The van der Waals surface area contributed by atoms with Gasteiger partial charge in [-0.3, -0.25) is 4.90 Å². The molecular formula is C16H20N4O. The standard InChI is InChI=1S/C16H20N4O/c1-12-4-6-14(7-5-12)11-17-16(21)19-8-3-9-20-15(19)10-13(2)18-20/h4-7,10H,3,8-9,11H2,1-2H3,(H,17,21). The van der Waals surface area contributed by atoms with Crippen LogP contribution in [0, 0.1) is 13.8 Å². The molecule has 2 heterocycles. The Morgan fingerprint density at radius 2 is 2.00 bits per heavy atom. The highest BCUT2D eigenvalue weighted by molar-refractivity contribution is 5.91. The van der Waals surface area contributed by atoms with Gasteiger partial charge in [-0.15, -0.1) is 0 Å². The summed E-state index contributed by atoms with van der Waals surface area (Å²) in [4.78, 5) is 14.2. The summed E-state index contributed by atoms with van der Waals surface area (Å²) in [5.41, 5.74) is 3.28. The lowest BCUT2D eigenvalue weighted by atomic mass is 10.1. The first-order valence-electron chi connectivity index (χ1n) is 7.29.